The van der Waals surface area contributed by atoms with Crippen LogP contribution in [0.15, 0.2) is 59.0 Å². The zero-order valence-corrected chi connectivity index (χ0v) is 23.4. The molecule has 0 unspecified atom stereocenters. The predicted octanol–water partition coefficient (Wildman–Crippen LogP) is 4.60. The van der Waals surface area contributed by atoms with Crippen molar-refractivity contribution < 1.29 is 42.0 Å². The minimum absolute atomic E-state index is 0.0260. The first-order valence-corrected chi connectivity index (χ1v) is 13.4. The molecule has 0 aliphatic carbocycles. The van der Waals surface area contributed by atoms with Gasteiger partial charge in [0.1, 0.15) is 23.7 Å². The van der Waals surface area contributed by atoms with Gasteiger partial charge in [0, 0.05) is 0 Å². The molecular weight excluding hydrogens is 552 g/mol. The summed E-state index contributed by atoms with van der Waals surface area (Å²) in [6.45, 7) is 1.98. The number of unbranched alkanes of at least 4 members (excludes halogenated alkanes) is 2. The third-order valence-electron chi connectivity index (χ3n) is 6.37. The molecule has 3 rings (SSSR count). The highest BCUT2D eigenvalue weighted by Gasteiger charge is 2.25. The molecule has 1 atom stereocenters. The number of hydroxylamine groups is 2. The van der Waals surface area contributed by atoms with Crippen LogP contribution in [0.1, 0.15) is 59.1 Å². The fourth-order valence-electron chi connectivity index (χ4n) is 4.10. The van der Waals surface area contributed by atoms with Gasteiger partial charge in [-0.25, -0.2) is 18.6 Å². The third-order valence-corrected chi connectivity index (χ3v) is 6.37. The summed E-state index contributed by atoms with van der Waals surface area (Å²) in [5, 5.41) is 6.21. The number of benzene rings is 2. The quantitative estimate of drug-likeness (QED) is 0.0827. The number of carbonyl (C=O) groups excluding carboxylic acids is 4. The van der Waals surface area contributed by atoms with E-state index < -0.39 is 35.0 Å². The smallest absolute Gasteiger partial charge is 0.343 e. The number of amides is 3. The van der Waals surface area contributed by atoms with Crippen LogP contribution in [0.5, 0.6) is 0 Å². The molecule has 224 valence electrons. The van der Waals surface area contributed by atoms with Crippen molar-refractivity contribution in [2.75, 3.05) is 20.3 Å². The van der Waals surface area contributed by atoms with Crippen LogP contribution in [0.4, 0.5) is 8.78 Å². The van der Waals surface area contributed by atoms with Crippen molar-refractivity contribution in [3.63, 3.8) is 0 Å². The molecule has 2 aromatic carbocycles. The molecule has 0 aliphatic rings. The van der Waals surface area contributed by atoms with Gasteiger partial charge in [0.15, 0.2) is 11.6 Å². The van der Waals surface area contributed by atoms with Crippen LogP contribution in [0.2, 0.25) is 0 Å². The highest BCUT2D eigenvalue weighted by atomic mass is 19.1. The van der Waals surface area contributed by atoms with Gasteiger partial charge in [-0.1, -0.05) is 56.5 Å². The van der Waals surface area contributed by atoms with Gasteiger partial charge in [-0.05, 0) is 36.2 Å². The number of ether oxygens (including phenoxy) is 1. The molecule has 3 amide bonds. The maximum Gasteiger partial charge on any atom is 0.343 e. The summed E-state index contributed by atoms with van der Waals surface area (Å²) in [4.78, 5) is 54.5. The summed E-state index contributed by atoms with van der Waals surface area (Å²) >= 11 is 0. The number of esters is 1. The number of nitrogens with zero attached hydrogens (tertiary/aromatic N) is 1. The summed E-state index contributed by atoms with van der Waals surface area (Å²) in [7, 11) is 0.994. The zero-order valence-electron chi connectivity index (χ0n) is 23.4. The molecular formula is C30H33F2N3O7. The highest BCUT2D eigenvalue weighted by molar-refractivity contribution is 5.93. The Kier molecular flexibility index (Phi) is 12.2. The van der Waals surface area contributed by atoms with Crippen LogP contribution in [0.3, 0.4) is 0 Å². The molecule has 1 aromatic heterocycles. The van der Waals surface area contributed by atoms with Crippen LogP contribution < -0.4 is 10.6 Å². The van der Waals surface area contributed by atoms with Crippen molar-refractivity contribution in [2.24, 2.45) is 5.92 Å². The summed E-state index contributed by atoms with van der Waals surface area (Å²) < 4.78 is 38.6. The molecule has 0 aliphatic heterocycles. The number of hydrogen-bond acceptors (Lipinski definition) is 7. The van der Waals surface area contributed by atoms with E-state index >= 15 is 0 Å². The summed E-state index contributed by atoms with van der Waals surface area (Å²) in [6, 6.07) is 13.8. The van der Waals surface area contributed by atoms with Crippen molar-refractivity contribution in [2.45, 2.75) is 39.2 Å². The van der Waals surface area contributed by atoms with Gasteiger partial charge in [0.25, 0.3) is 5.91 Å². The van der Waals surface area contributed by atoms with E-state index in [2.05, 4.69) is 15.4 Å². The van der Waals surface area contributed by atoms with Gasteiger partial charge in [0.05, 0.1) is 31.8 Å². The lowest BCUT2D eigenvalue weighted by molar-refractivity contribution is -0.182. The van der Waals surface area contributed by atoms with Crippen molar-refractivity contribution >= 4 is 24.2 Å². The number of rotatable bonds is 16. The van der Waals surface area contributed by atoms with Crippen LogP contribution >= 0.6 is 0 Å². The molecule has 2 N–H and O–H groups in total. The Morgan fingerprint density at radius 1 is 1.02 bits per heavy atom. The second-order valence-corrected chi connectivity index (χ2v) is 9.32. The second-order valence-electron chi connectivity index (χ2n) is 9.32. The molecule has 42 heavy (non-hydrogen) atoms. The average molecular weight is 586 g/mol. The molecule has 1 heterocycles. The minimum atomic E-state index is -1.20. The van der Waals surface area contributed by atoms with Crippen molar-refractivity contribution in [1.82, 2.24) is 15.7 Å². The van der Waals surface area contributed by atoms with E-state index in [1.807, 2.05) is 37.3 Å². The molecule has 0 spiro atoms. The summed E-state index contributed by atoms with van der Waals surface area (Å²) in [6.07, 6.45) is 3.65. The number of nitrogens with one attached hydrogen (secondary N) is 2. The number of halogens is 2. The Labute approximate surface area is 241 Å². The van der Waals surface area contributed by atoms with Crippen LogP contribution in [0.25, 0.3) is 11.3 Å². The first-order chi connectivity index (χ1) is 20.3. The number of furan rings is 1. The van der Waals surface area contributed by atoms with E-state index in [1.165, 1.54) is 12.1 Å². The lowest BCUT2D eigenvalue weighted by atomic mass is 10.0. The van der Waals surface area contributed by atoms with Gasteiger partial charge < -0.3 is 19.8 Å². The predicted molar refractivity (Wildman–Crippen MR) is 148 cm³/mol. The van der Waals surface area contributed by atoms with Gasteiger partial charge >= 0.3 is 5.97 Å². The molecule has 0 bridgehead atoms. The Balaban J connectivity index is 1.58. The van der Waals surface area contributed by atoms with Crippen molar-refractivity contribution in [3.05, 3.63) is 83.1 Å². The van der Waals surface area contributed by atoms with Crippen molar-refractivity contribution in [1.29, 1.82) is 0 Å². The Morgan fingerprint density at radius 2 is 1.79 bits per heavy atom. The van der Waals surface area contributed by atoms with E-state index in [4.69, 9.17) is 9.25 Å². The van der Waals surface area contributed by atoms with Gasteiger partial charge in [-0.3, -0.25) is 19.2 Å². The SMILES string of the molecule is CCCCC[C@H](CN(C=O)OCc1ccccc1)C(=O)NCNC(=O)c1ccc(-c2ccc(F)c(C(=O)OC)c2F)o1. The zero-order chi connectivity index (χ0) is 30.5. The molecule has 0 radical (unpaired) electrons. The molecule has 0 saturated carbocycles. The number of carbonyl (C=O) groups is 4. The summed E-state index contributed by atoms with van der Waals surface area (Å²) in [5.74, 6) is -5.49. The molecule has 12 heteroatoms. The van der Waals surface area contributed by atoms with Crippen LogP contribution in [-0.2, 0) is 25.8 Å². The number of methoxy groups -OCH3 is 1. The fourth-order valence-corrected chi connectivity index (χ4v) is 4.10. The lowest BCUT2D eigenvalue weighted by Crippen LogP contribution is -2.43. The van der Waals surface area contributed by atoms with Gasteiger partial charge in [-0.15, -0.1) is 0 Å². The van der Waals surface area contributed by atoms with Crippen LogP contribution in [-0.4, -0.2) is 49.6 Å². The van der Waals surface area contributed by atoms with E-state index in [1.54, 1.807) is 0 Å². The van der Waals surface area contributed by atoms with Crippen molar-refractivity contribution in [3.8, 4) is 11.3 Å². The minimum Gasteiger partial charge on any atom is -0.465 e. The lowest BCUT2D eigenvalue weighted by Gasteiger charge is -2.23. The van der Waals surface area contributed by atoms with E-state index in [0.717, 1.165) is 49.1 Å². The number of hydrogen-bond donors (Lipinski definition) is 2. The average Bonchev–Trinajstić information content (AvgIpc) is 3.49. The Morgan fingerprint density at radius 3 is 2.48 bits per heavy atom. The largest absolute Gasteiger partial charge is 0.465 e. The molecule has 10 nitrogen and oxygen atoms in total. The molecule has 0 saturated heterocycles. The molecule has 3 aromatic rings. The topological polar surface area (TPSA) is 127 Å². The van der Waals surface area contributed by atoms with Gasteiger partial charge in [0.2, 0.25) is 12.3 Å². The standard InChI is InChI=1S/C30H33F2N3O7/c1-3-4-6-11-21(16-35(19-36)41-17-20-9-7-5-8-10-20)28(37)33-18-34-29(38)25-15-14-24(42-25)22-12-13-23(31)26(27(22)32)30(39)40-2/h5,7-10,12-15,19,21H,3-4,6,11,16-18H2,1-2H3,(H,33,37)(H,34,38)/t21-/m1/s1. The van der Waals surface area contributed by atoms with Crippen LogP contribution in [0, 0.1) is 17.6 Å². The van der Waals surface area contributed by atoms with E-state index in [-0.39, 0.29) is 42.8 Å². The summed E-state index contributed by atoms with van der Waals surface area (Å²) in [5.41, 5.74) is -0.258. The maximum absolute atomic E-state index is 14.8. The monoisotopic (exact) mass is 585 g/mol. The Hall–Kier alpha value is -4.58. The first kappa shape index (κ1) is 31.9. The van der Waals surface area contributed by atoms with Gasteiger partial charge in [-0.2, -0.15) is 0 Å². The normalized spacial score (nSPS) is 11.4. The first-order valence-electron chi connectivity index (χ1n) is 13.4. The fraction of sp³-hybridized carbons (Fsp3) is 0.333. The van der Waals surface area contributed by atoms with E-state index in [0.29, 0.717) is 12.8 Å². The highest BCUT2D eigenvalue weighted by Crippen LogP contribution is 2.29. The van der Waals surface area contributed by atoms with E-state index in [9.17, 15) is 28.0 Å². The molecule has 0 fully saturated rings. The maximum atomic E-state index is 14.8. The third kappa shape index (κ3) is 8.71. The Bertz CT molecular complexity index is 1360. The second kappa shape index (κ2) is 16.0.